The Morgan fingerprint density at radius 1 is 1.27 bits per heavy atom. The Morgan fingerprint density at radius 3 is 2.73 bits per heavy atom. The molecule has 0 bridgehead atoms. The smallest absolute Gasteiger partial charge is 0.220 e. The molecular weight excluding hydrogens is 304 g/mol. The lowest BCUT2D eigenvalue weighted by molar-refractivity contribution is -0.0289. The van der Waals surface area contributed by atoms with Crippen LogP contribution in [0.3, 0.4) is 0 Å². The normalized spacial score (nSPS) is 23.5. The van der Waals surface area contributed by atoms with E-state index >= 15 is 0 Å². The molecule has 2 aromatic rings. The number of ether oxygens (including phenoxy) is 1. The van der Waals surface area contributed by atoms with E-state index in [1.54, 1.807) is 6.07 Å². The fourth-order valence-corrected chi connectivity index (χ4v) is 4.23. The van der Waals surface area contributed by atoms with Crippen molar-refractivity contribution in [3.8, 4) is 0 Å². The van der Waals surface area contributed by atoms with E-state index < -0.39 is 10.0 Å². The molecule has 0 amide bonds. The van der Waals surface area contributed by atoms with Crippen molar-refractivity contribution in [2.24, 2.45) is 0 Å². The van der Waals surface area contributed by atoms with Crippen LogP contribution >= 0.6 is 0 Å². The number of hydrogen-bond donors (Lipinski definition) is 0. The van der Waals surface area contributed by atoms with E-state index in [1.807, 2.05) is 37.3 Å². The lowest BCUT2D eigenvalue weighted by atomic mass is 10.1. The zero-order valence-corrected chi connectivity index (χ0v) is 13.1. The van der Waals surface area contributed by atoms with Gasteiger partial charge >= 0.3 is 0 Å². The van der Waals surface area contributed by atoms with E-state index in [0.29, 0.717) is 18.8 Å². The third-order valence-corrected chi connectivity index (χ3v) is 5.61. The summed E-state index contributed by atoms with van der Waals surface area (Å²) in [4.78, 5) is 0. The molecule has 0 N–H and O–H groups in total. The van der Waals surface area contributed by atoms with E-state index in [0.717, 1.165) is 5.56 Å². The molecule has 6 nitrogen and oxygen atoms in total. The minimum absolute atomic E-state index is 0.157. The van der Waals surface area contributed by atoms with E-state index in [4.69, 9.17) is 9.26 Å². The zero-order chi connectivity index (χ0) is 15.6. The van der Waals surface area contributed by atoms with Gasteiger partial charge in [0.1, 0.15) is 12.0 Å². The van der Waals surface area contributed by atoms with Gasteiger partial charge in [-0.25, -0.2) is 8.42 Å². The summed E-state index contributed by atoms with van der Waals surface area (Å²) in [6.45, 7) is 2.53. The number of aromatic nitrogens is 1. The monoisotopic (exact) mass is 322 g/mol. The Kier molecular flexibility index (Phi) is 4.28. The van der Waals surface area contributed by atoms with Gasteiger partial charge in [-0.1, -0.05) is 35.5 Å². The topological polar surface area (TPSA) is 72.6 Å². The highest BCUT2D eigenvalue weighted by atomic mass is 32.2. The van der Waals surface area contributed by atoms with Crippen LogP contribution in [0.4, 0.5) is 0 Å². The molecule has 22 heavy (non-hydrogen) atoms. The first kappa shape index (κ1) is 15.2. The minimum Gasteiger partial charge on any atom is -0.370 e. The quantitative estimate of drug-likeness (QED) is 0.860. The molecule has 0 spiro atoms. The van der Waals surface area contributed by atoms with Crippen LogP contribution in [0.5, 0.6) is 0 Å². The van der Waals surface area contributed by atoms with Gasteiger partial charge in [0.15, 0.2) is 0 Å². The van der Waals surface area contributed by atoms with Gasteiger partial charge in [0.2, 0.25) is 10.0 Å². The van der Waals surface area contributed by atoms with Gasteiger partial charge in [-0.15, -0.1) is 0 Å². The summed E-state index contributed by atoms with van der Waals surface area (Å²) in [6.07, 6.45) is 1.13. The largest absolute Gasteiger partial charge is 0.370 e. The van der Waals surface area contributed by atoms with Crippen molar-refractivity contribution in [3.63, 3.8) is 0 Å². The van der Waals surface area contributed by atoms with Crippen LogP contribution in [0.15, 0.2) is 47.2 Å². The average Bonchev–Trinajstić information content (AvgIpc) is 3.00. The van der Waals surface area contributed by atoms with E-state index in [9.17, 15) is 8.42 Å². The third-order valence-electron chi connectivity index (χ3n) is 3.73. The van der Waals surface area contributed by atoms with Crippen LogP contribution in [0, 0.1) is 0 Å². The third kappa shape index (κ3) is 3.21. The average molecular weight is 322 g/mol. The van der Waals surface area contributed by atoms with Gasteiger partial charge in [-0.05, 0) is 12.5 Å². The first-order valence-corrected chi connectivity index (χ1v) is 8.72. The number of rotatable bonds is 4. The molecule has 2 atom stereocenters. The molecule has 1 aliphatic rings. The molecule has 7 heteroatoms. The predicted molar refractivity (Wildman–Crippen MR) is 80.4 cm³/mol. The first-order chi connectivity index (χ1) is 10.6. The predicted octanol–water partition coefficient (Wildman–Crippen LogP) is 1.97. The number of morpholine rings is 1. The maximum atomic E-state index is 12.6. The van der Waals surface area contributed by atoms with Gasteiger partial charge < -0.3 is 9.26 Å². The molecule has 118 valence electrons. The standard InChI is InChI=1S/C15H18N2O4S/c1-12-10-20-15(13-5-3-2-4-6-13)9-17(12)22(18,19)11-14-7-8-21-16-14/h2-8,12,15H,9-11H2,1H3/t12-,15+/m1/s1. The first-order valence-electron chi connectivity index (χ1n) is 7.11. The van der Waals surface area contributed by atoms with Gasteiger partial charge in [0, 0.05) is 18.7 Å². The number of nitrogens with zero attached hydrogens (tertiary/aromatic N) is 2. The molecule has 0 saturated carbocycles. The molecule has 3 rings (SSSR count). The fourth-order valence-electron chi connectivity index (χ4n) is 2.57. The van der Waals surface area contributed by atoms with Crippen LogP contribution in [0.2, 0.25) is 0 Å². The summed E-state index contributed by atoms with van der Waals surface area (Å²) in [5.74, 6) is -0.157. The summed E-state index contributed by atoms with van der Waals surface area (Å²) < 4.78 is 37.3. The molecular formula is C15H18N2O4S. The number of benzene rings is 1. The molecule has 1 aromatic carbocycles. The van der Waals surface area contributed by atoms with Crippen LogP contribution < -0.4 is 0 Å². The number of sulfonamides is 1. The summed E-state index contributed by atoms with van der Waals surface area (Å²) in [5.41, 5.74) is 1.39. The van der Waals surface area contributed by atoms with Crippen molar-refractivity contribution < 1.29 is 17.7 Å². The highest BCUT2D eigenvalue weighted by Crippen LogP contribution is 2.27. The summed E-state index contributed by atoms with van der Waals surface area (Å²) in [6, 6.07) is 11.0. The molecule has 1 aliphatic heterocycles. The SMILES string of the molecule is C[C@@H]1CO[C@H](c2ccccc2)CN1S(=O)(=O)Cc1ccon1. The lowest BCUT2D eigenvalue weighted by Crippen LogP contribution is -2.48. The Morgan fingerprint density at radius 2 is 2.05 bits per heavy atom. The van der Waals surface area contributed by atoms with Gasteiger partial charge in [0.05, 0.1) is 18.4 Å². The zero-order valence-electron chi connectivity index (χ0n) is 12.3. The summed E-state index contributed by atoms with van der Waals surface area (Å²) in [5, 5.41) is 3.69. The Labute approximate surface area is 129 Å². The second kappa shape index (κ2) is 6.20. The highest BCUT2D eigenvalue weighted by Gasteiger charge is 2.35. The summed E-state index contributed by atoms with van der Waals surface area (Å²) >= 11 is 0. The fraction of sp³-hybridized carbons (Fsp3) is 0.400. The Bertz CT molecular complexity index is 700. The van der Waals surface area contributed by atoms with Crippen LogP contribution in [0.25, 0.3) is 0 Å². The van der Waals surface area contributed by atoms with Crippen molar-refractivity contribution in [1.82, 2.24) is 9.46 Å². The van der Waals surface area contributed by atoms with Crippen molar-refractivity contribution in [2.45, 2.75) is 24.8 Å². The molecule has 2 heterocycles. The van der Waals surface area contributed by atoms with E-state index in [2.05, 4.69) is 5.16 Å². The molecule has 0 unspecified atom stereocenters. The van der Waals surface area contributed by atoms with Gasteiger partial charge in [0.25, 0.3) is 0 Å². The summed E-state index contributed by atoms with van der Waals surface area (Å²) in [7, 11) is -3.47. The molecule has 1 saturated heterocycles. The van der Waals surface area contributed by atoms with Crippen molar-refractivity contribution in [1.29, 1.82) is 0 Å². The van der Waals surface area contributed by atoms with E-state index in [-0.39, 0.29) is 17.9 Å². The van der Waals surface area contributed by atoms with Crippen molar-refractivity contribution in [2.75, 3.05) is 13.2 Å². The van der Waals surface area contributed by atoms with Crippen molar-refractivity contribution in [3.05, 3.63) is 53.9 Å². The molecule has 0 aliphatic carbocycles. The van der Waals surface area contributed by atoms with Crippen LogP contribution in [-0.4, -0.2) is 37.1 Å². The number of hydrogen-bond acceptors (Lipinski definition) is 5. The maximum Gasteiger partial charge on any atom is 0.220 e. The van der Waals surface area contributed by atoms with Crippen LogP contribution in [-0.2, 0) is 20.5 Å². The second-order valence-corrected chi connectivity index (χ2v) is 7.32. The maximum absolute atomic E-state index is 12.6. The van der Waals surface area contributed by atoms with E-state index in [1.165, 1.54) is 10.6 Å². The minimum atomic E-state index is -3.47. The molecule has 1 fully saturated rings. The Balaban J connectivity index is 1.79. The lowest BCUT2D eigenvalue weighted by Gasteiger charge is -2.37. The Hall–Kier alpha value is -1.70. The molecule has 1 aromatic heterocycles. The van der Waals surface area contributed by atoms with Gasteiger partial charge in [-0.2, -0.15) is 4.31 Å². The van der Waals surface area contributed by atoms with Gasteiger partial charge in [-0.3, -0.25) is 0 Å². The second-order valence-electron chi connectivity index (χ2n) is 5.40. The highest BCUT2D eigenvalue weighted by molar-refractivity contribution is 7.88. The molecule has 0 radical (unpaired) electrons. The van der Waals surface area contributed by atoms with Crippen LogP contribution in [0.1, 0.15) is 24.3 Å². The van der Waals surface area contributed by atoms with Crippen molar-refractivity contribution >= 4 is 10.0 Å².